The molecule has 2 fully saturated rings. The number of aliphatic hydroxyl groups excluding tert-OH is 1. The van der Waals surface area contributed by atoms with Gasteiger partial charge in [0.15, 0.2) is 5.96 Å². The minimum atomic E-state index is -1.75. The molecule has 0 spiro atoms. The number of hydrogen-bond donors (Lipinski definition) is 17. The van der Waals surface area contributed by atoms with Gasteiger partial charge in [-0.15, -0.1) is 0 Å². The molecule has 6 rings (SSSR count). The number of guanidine groups is 1. The van der Waals surface area contributed by atoms with Gasteiger partial charge in [0.1, 0.15) is 60.1 Å². The fourth-order valence-electron chi connectivity index (χ4n) is 10.5. The van der Waals surface area contributed by atoms with Crippen LogP contribution in [0.4, 0.5) is 0 Å². The molecule has 2 aliphatic rings. The van der Waals surface area contributed by atoms with Crippen LogP contribution < -0.4 is 58.9 Å². The molecule has 490 valence electrons. The number of aromatic nitrogens is 3. The van der Waals surface area contributed by atoms with E-state index in [2.05, 4.69) is 68.1 Å². The SMILES string of the molecule is CCNC(=O)[C@@H]1CCCN1C(=O)C(CCCNC(=N)N)NC(=O)C(CC(C)C)NC(=O)C(CC(C)C)NC(=O)C(Cc1ccc(O)cc1)NC(=O)C(CO)NC(=O)C(Cc1c[nH]c2ccccc12)NC(=O)C(Cc1c[nH]cn1)NC(=O)[C@@H]1CCC(=O)N1.O=CO. The van der Waals surface area contributed by atoms with Crippen molar-refractivity contribution in [3.63, 3.8) is 0 Å². The Hall–Kier alpha value is -9.61. The lowest BCUT2D eigenvalue weighted by atomic mass is 9.98. The molecule has 4 heterocycles. The van der Waals surface area contributed by atoms with Crippen LogP contribution in [0.15, 0.2) is 67.3 Å². The second-order valence-corrected chi connectivity index (χ2v) is 22.9. The summed E-state index contributed by atoms with van der Waals surface area (Å²) in [5.41, 5.74) is 7.62. The number of nitrogens with two attached hydrogens (primary N) is 1. The van der Waals surface area contributed by atoms with E-state index in [-0.39, 0.29) is 106 Å². The predicted molar refractivity (Wildman–Crippen MR) is 328 cm³/mol. The standard InChI is InChI=1S/C59H84N16O12.CH2O2/c1-6-63-57(86)48-14-10-22-75(48)58(87)41(13-9-21-64-59(60)61)68-51(80)42(23-32(2)3)69-52(81)43(24-33(4)5)70-53(82)44(25-34-15-17-37(77)18-16-34)71-56(85)47(30-76)74-54(83)45(26-35-28-65-39-12-8-7-11-38(35)39)72-55(84)46(27-36-29-62-31-66-36)73-50(79)40-19-20-49(78)67-40;2-1-3/h7-8,11-12,15-18,28-29,31-33,40-48,65,76-77H,6,9-10,13-14,19-27,30H2,1-5H3,(H,62,66)(H,63,86)(H,67,78)(H,68,80)(H,69,81)(H,70,82)(H,71,85)(H,72,84)(H,73,79)(H,74,83)(H4,60,61,64);1H,(H,2,3)/t40-,41?,42?,43?,44?,45?,46?,47?,48-;/m0./s1. The van der Waals surface area contributed by atoms with E-state index in [0.29, 0.717) is 48.0 Å². The molecule has 10 amide bonds. The lowest BCUT2D eigenvalue weighted by Crippen LogP contribution is -2.61. The first-order chi connectivity index (χ1) is 42.9. The number of amides is 10. The van der Waals surface area contributed by atoms with Crippen molar-refractivity contribution in [2.75, 3.05) is 26.2 Å². The summed E-state index contributed by atoms with van der Waals surface area (Å²) in [4.78, 5) is 160. The summed E-state index contributed by atoms with van der Waals surface area (Å²) in [6.07, 6.45) is 5.85. The smallest absolute Gasteiger partial charge is 0.290 e. The van der Waals surface area contributed by atoms with Gasteiger partial charge in [0.05, 0.1) is 18.6 Å². The van der Waals surface area contributed by atoms with Crippen LogP contribution in [0.2, 0.25) is 0 Å². The zero-order chi connectivity index (χ0) is 66.0. The number of nitrogens with zero attached hydrogens (tertiary/aromatic N) is 2. The van der Waals surface area contributed by atoms with Gasteiger partial charge in [-0.05, 0) is 93.0 Å². The van der Waals surface area contributed by atoms with Crippen LogP contribution >= 0.6 is 0 Å². The molecule has 0 radical (unpaired) electrons. The van der Waals surface area contributed by atoms with Crippen molar-refractivity contribution >= 4 is 82.4 Å². The fourth-order valence-corrected chi connectivity index (χ4v) is 10.5. The Morgan fingerprint density at radius 3 is 1.83 bits per heavy atom. The molecule has 9 atom stereocenters. The Kier molecular flexibility index (Phi) is 28.0. The van der Waals surface area contributed by atoms with Crippen molar-refractivity contribution in [1.29, 1.82) is 5.41 Å². The molecular formula is C60H86N16O14. The average Bonchev–Trinajstić information content (AvgIpc) is 2.16. The Morgan fingerprint density at radius 1 is 0.722 bits per heavy atom. The van der Waals surface area contributed by atoms with Gasteiger partial charge in [-0.1, -0.05) is 58.0 Å². The highest BCUT2D eigenvalue weighted by atomic mass is 16.3. The number of para-hydroxylation sites is 1. The Balaban J connectivity index is 0.00000481. The minimum Gasteiger partial charge on any atom is -0.508 e. The summed E-state index contributed by atoms with van der Waals surface area (Å²) in [6.45, 7) is 8.62. The zero-order valence-electron chi connectivity index (χ0n) is 51.2. The molecule has 0 aliphatic carbocycles. The molecule has 2 aliphatic heterocycles. The summed E-state index contributed by atoms with van der Waals surface area (Å²) >= 11 is 0. The van der Waals surface area contributed by atoms with Crippen molar-refractivity contribution in [3.8, 4) is 5.75 Å². The van der Waals surface area contributed by atoms with Crippen LogP contribution in [0.5, 0.6) is 5.75 Å². The quantitative estimate of drug-likeness (QED) is 0.0114. The third-order valence-electron chi connectivity index (χ3n) is 14.9. The zero-order valence-corrected chi connectivity index (χ0v) is 51.2. The highest BCUT2D eigenvalue weighted by Gasteiger charge is 2.40. The maximum Gasteiger partial charge on any atom is 0.290 e. The third kappa shape index (κ3) is 21.9. The van der Waals surface area contributed by atoms with Crippen LogP contribution in [-0.4, -0.2) is 187 Å². The first-order valence-electron chi connectivity index (χ1n) is 30.0. The average molecular weight is 1260 g/mol. The number of carbonyl (C=O) groups excluding carboxylic acids is 10. The molecule has 90 heavy (non-hydrogen) atoms. The third-order valence-corrected chi connectivity index (χ3v) is 14.9. The lowest BCUT2D eigenvalue weighted by molar-refractivity contribution is -0.142. The number of imidazole rings is 1. The molecule has 30 nitrogen and oxygen atoms in total. The number of aromatic hydroxyl groups is 1. The molecule has 18 N–H and O–H groups in total. The number of nitrogens with one attached hydrogen (secondary N) is 13. The summed E-state index contributed by atoms with van der Waals surface area (Å²) in [5, 5.41) is 63.0. The van der Waals surface area contributed by atoms with Crippen LogP contribution in [0, 0.1) is 17.2 Å². The van der Waals surface area contributed by atoms with Gasteiger partial charge in [0.25, 0.3) is 6.47 Å². The molecule has 0 saturated carbocycles. The van der Waals surface area contributed by atoms with E-state index in [0.717, 1.165) is 5.52 Å². The Bertz CT molecular complexity index is 3100. The van der Waals surface area contributed by atoms with E-state index in [4.69, 9.17) is 21.0 Å². The lowest BCUT2D eigenvalue weighted by Gasteiger charge is -2.31. The molecule has 2 saturated heterocycles. The number of likely N-dealkylation sites (tertiary alicyclic amines) is 1. The van der Waals surface area contributed by atoms with Crippen molar-refractivity contribution in [2.24, 2.45) is 17.6 Å². The van der Waals surface area contributed by atoms with Crippen molar-refractivity contribution in [3.05, 3.63) is 84.1 Å². The number of likely N-dealkylation sites (N-methyl/N-ethyl adjacent to an activating group) is 1. The summed E-state index contributed by atoms with van der Waals surface area (Å²) in [5.74, 6) is -7.71. The van der Waals surface area contributed by atoms with E-state index in [9.17, 15) is 58.2 Å². The van der Waals surface area contributed by atoms with Gasteiger partial charge in [0.2, 0.25) is 59.1 Å². The summed E-state index contributed by atoms with van der Waals surface area (Å²) < 4.78 is 0. The van der Waals surface area contributed by atoms with Gasteiger partial charge < -0.3 is 89.1 Å². The van der Waals surface area contributed by atoms with Gasteiger partial charge in [-0.3, -0.25) is 58.1 Å². The largest absolute Gasteiger partial charge is 0.508 e. The number of aromatic amines is 2. The Morgan fingerprint density at radius 2 is 1.28 bits per heavy atom. The van der Waals surface area contributed by atoms with E-state index >= 15 is 0 Å². The number of rotatable bonds is 32. The highest BCUT2D eigenvalue weighted by molar-refractivity contribution is 5.99. The first kappa shape index (κ1) is 71.1. The molecule has 2 aromatic heterocycles. The number of H-pyrrole nitrogens is 2. The molecule has 30 heteroatoms. The normalized spacial score (nSPS) is 16.7. The summed E-state index contributed by atoms with van der Waals surface area (Å²) in [7, 11) is 0. The maximum atomic E-state index is 14.7. The number of aliphatic hydroxyl groups is 1. The van der Waals surface area contributed by atoms with Crippen molar-refractivity contribution in [2.45, 2.75) is 160 Å². The fraction of sp³-hybridized carbons (Fsp3) is 0.517. The second-order valence-electron chi connectivity index (χ2n) is 22.9. The predicted octanol–water partition coefficient (Wildman–Crippen LogP) is -1.53. The van der Waals surface area contributed by atoms with Crippen LogP contribution in [0.25, 0.3) is 10.9 Å². The Labute approximate surface area is 520 Å². The number of benzene rings is 2. The van der Waals surface area contributed by atoms with E-state index < -0.39 is 108 Å². The maximum absolute atomic E-state index is 14.7. The topological polar surface area (TPSA) is 466 Å². The second kappa shape index (κ2) is 35.4. The van der Waals surface area contributed by atoms with Crippen LogP contribution in [0.3, 0.4) is 0 Å². The number of phenols is 1. The van der Waals surface area contributed by atoms with E-state index in [1.165, 1.54) is 41.7 Å². The van der Waals surface area contributed by atoms with Crippen molar-refractivity contribution < 1.29 is 68.1 Å². The van der Waals surface area contributed by atoms with Gasteiger partial charge in [-0.2, -0.15) is 0 Å². The van der Waals surface area contributed by atoms with E-state index in [1.807, 2.05) is 19.9 Å². The summed E-state index contributed by atoms with van der Waals surface area (Å²) in [6, 6.07) is 1.54. The number of fused-ring (bicyclic) bond motifs is 1. The molecule has 0 bridgehead atoms. The molecular weight excluding hydrogens is 1170 g/mol. The number of phenolic OH excluding ortho intramolecular Hbond substituents is 1. The molecule has 7 unspecified atom stereocenters. The van der Waals surface area contributed by atoms with E-state index in [1.54, 1.807) is 45.2 Å². The van der Waals surface area contributed by atoms with Crippen LogP contribution in [0.1, 0.15) is 103 Å². The van der Waals surface area contributed by atoms with Gasteiger partial charge in [-0.25, -0.2) is 4.98 Å². The van der Waals surface area contributed by atoms with Crippen LogP contribution in [-0.2, 0) is 72.0 Å². The molecule has 4 aromatic rings. The minimum absolute atomic E-state index is 0.0378. The van der Waals surface area contributed by atoms with Gasteiger partial charge in [0, 0.05) is 68.6 Å². The van der Waals surface area contributed by atoms with Crippen molar-refractivity contribution in [1.82, 2.24) is 73.0 Å². The molecule has 2 aromatic carbocycles. The number of carboxylic acid groups (broad SMARTS) is 1. The number of carbonyl (C=O) groups is 11. The highest BCUT2D eigenvalue weighted by Crippen LogP contribution is 2.22. The monoisotopic (exact) mass is 1250 g/mol. The number of hydrogen-bond acceptors (Lipinski definition) is 15. The first-order valence-corrected chi connectivity index (χ1v) is 30.0. The van der Waals surface area contributed by atoms with Gasteiger partial charge >= 0.3 is 0 Å².